The lowest BCUT2D eigenvalue weighted by atomic mass is 10.2. The van der Waals surface area contributed by atoms with Gasteiger partial charge in [0.05, 0.1) is 34.1 Å². The number of aromatic nitrogens is 3. The highest BCUT2D eigenvalue weighted by Gasteiger charge is 2.19. The summed E-state index contributed by atoms with van der Waals surface area (Å²) in [6, 6.07) is 5.64. The topological polar surface area (TPSA) is 72.3 Å². The molecular formula is C19H25N5O2S. The van der Waals surface area contributed by atoms with Crippen molar-refractivity contribution in [2.24, 2.45) is 7.05 Å². The first kappa shape index (κ1) is 19.3. The van der Waals surface area contributed by atoms with Crippen molar-refractivity contribution in [2.75, 3.05) is 25.6 Å². The highest BCUT2D eigenvalue weighted by Crippen LogP contribution is 2.25. The predicted octanol–water partition coefficient (Wildman–Crippen LogP) is 3.64. The van der Waals surface area contributed by atoms with Crippen molar-refractivity contribution in [2.45, 2.75) is 27.3 Å². The van der Waals surface area contributed by atoms with E-state index in [1.807, 2.05) is 50.7 Å². The van der Waals surface area contributed by atoms with E-state index in [-0.39, 0.29) is 6.03 Å². The molecule has 0 saturated carbocycles. The van der Waals surface area contributed by atoms with E-state index in [0.717, 1.165) is 37.9 Å². The van der Waals surface area contributed by atoms with Gasteiger partial charge in [-0.25, -0.2) is 9.78 Å². The summed E-state index contributed by atoms with van der Waals surface area (Å²) in [4.78, 5) is 19.1. The van der Waals surface area contributed by atoms with Crippen molar-refractivity contribution in [3.8, 4) is 0 Å². The minimum Gasteiger partial charge on any atom is -0.383 e. The first-order valence-electron chi connectivity index (χ1n) is 8.80. The SMILES string of the molecule is COCCN(Cc1c(C)nn(C)c1C)C(=O)Nc1ccc2sc(C)nc2c1. The minimum atomic E-state index is -0.166. The fourth-order valence-corrected chi connectivity index (χ4v) is 3.82. The standard InChI is InChI=1S/C19H25N5O2S/c1-12-16(13(2)23(4)22-12)11-24(8-9-26-5)19(25)21-15-6-7-18-17(10-15)20-14(3)27-18/h6-7,10H,8-9,11H2,1-5H3,(H,21,25). The number of rotatable bonds is 6. The zero-order valence-corrected chi connectivity index (χ0v) is 17.2. The van der Waals surface area contributed by atoms with E-state index in [1.165, 1.54) is 0 Å². The van der Waals surface area contributed by atoms with Crippen molar-refractivity contribution < 1.29 is 9.53 Å². The molecular weight excluding hydrogens is 362 g/mol. The van der Waals surface area contributed by atoms with Crippen LogP contribution in [0.25, 0.3) is 10.2 Å². The smallest absolute Gasteiger partial charge is 0.322 e. The van der Waals surface area contributed by atoms with Crippen molar-refractivity contribution in [1.82, 2.24) is 19.7 Å². The number of hydrogen-bond acceptors (Lipinski definition) is 5. The number of ether oxygens (including phenoxy) is 1. The van der Waals surface area contributed by atoms with Gasteiger partial charge in [0, 0.05) is 37.6 Å². The highest BCUT2D eigenvalue weighted by atomic mass is 32.1. The van der Waals surface area contributed by atoms with Gasteiger partial charge in [-0.15, -0.1) is 11.3 Å². The number of methoxy groups -OCH3 is 1. The van der Waals surface area contributed by atoms with E-state index in [0.29, 0.717) is 19.7 Å². The molecule has 0 aliphatic rings. The second kappa shape index (κ2) is 8.06. The molecule has 3 aromatic rings. The van der Waals surface area contributed by atoms with Gasteiger partial charge in [0.2, 0.25) is 0 Å². The number of nitrogens with zero attached hydrogens (tertiary/aromatic N) is 4. The van der Waals surface area contributed by atoms with Gasteiger partial charge in [0.25, 0.3) is 0 Å². The van der Waals surface area contributed by atoms with Crippen molar-refractivity contribution >= 4 is 33.3 Å². The Morgan fingerprint density at radius 1 is 1.33 bits per heavy atom. The first-order chi connectivity index (χ1) is 12.9. The van der Waals surface area contributed by atoms with E-state index in [1.54, 1.807) is 23.3 Å². The van der Waals surface area contributed by atoms with Gasteiger partial charge in [0.15, 0.2) is 0 Å². The summed E-state index contributed by atoms with van der Waals surface area (Å²) >= 11 is 1.64. The molecule has 1 aromatic carbocycles. The van der Waals surface area contributed by atoms with Crippen LogP contribution in [-0.2, 0) is 18.3 Å². The maximum Gasteiger partial charge on any atom is 0.322 e. The molecule has 2 aromatic heterocycles. The van der Waals surface area contributed by atoms with Crippen LogP contribution in [0.15, 0.2) is 18.2 Å². The van der Waals surface area contributed by atoms with E-state index in [2.05, 4.69) is 15.4 Å². The molecule has 3 rings (SSSR count). The summed E-state index contributed by atoms with van der Waals surface area (Å²) in [5.41, 5.74) is 4.69. The van der Waals surface area contributed by atoms with Crippen LogP contribution in [0.5, 0.6) is 0 Å². The Morgan fingerprint density at radius 2 is 2.11 bits per heavy atom. The van der Waals surface area contributed by atoms with Crippen LogP contribution in [0, 0.1) is 20.8 Å². The number of carbonyl (C=O) groups excluding carboxylic acids is 1. The molecule has 27 heavy (non-hydrogen) atoms. The Bertz CT molecular complexity index is 963. The maximum atomic E-state index is 12.9. The summed E-state index contributed by atoms with van der Waals surface area (Å²) in [6.07, 6.45) is 0. The number of anilines is 1. The summed E-state index contributed by atoms with van der Waals surface area (Å²) in [7, 11) is 3.55. The van der Waals surface area contributed by atoms with Gasteiger partial charge in [-0.3, -0.25) is 4.68 Å². The third kappa shape index (κ3) is 4.28. The molecule has 0 spiro atoms. The highest BCUT2D eigenvalue weighted by molar-refractivity contribution is 7.18. The van der Waals surface area contributed by atoms with Crippen molar-refractivity contribution in [3.05, 3.63) is 40.2 Å². The molecule has 0 atom stereocenters. The van der Waals surface area contributed by atoms with Crippen molar-refractivity contribution in [1.29, 1.82) is 0 Å². The van der Waals surface area contributed by atoms with Crippen LogP contribution >= 0.6 is 11.3 Å². The quantitative estimate of drug-likeness (QED) is 0.701. The summed E-state index contributed by atoms with van der Waals surface area (Å²) < 4.78 is 8.14. The van der Waals surface area contributed by atoms with Gasteiger partial charge < -0.3 is 15.0 Å². The molecule has 0 radical (unpaired) electrons. The molecule has 8 heteroatoms. The number of amides is 2. The zero-order valence-electron chi connectivity index (χ0n) is 16.4. The second-order valence-electron chi connectivity index (χ2n) is 6.53. The molecule has 0 bridgehead atoms. The minimum absolute atomic E-state index is 0.166. The van der Waals surface area contributed by atoms with E-state index >= 15 is 0 Å². The second-order valence-corrected chi connectivity index (χ2v) is 7.77. The van der Waals surface area contributed by atoms with Crippen LogP contribution in [0.1, 0.15) is 22.0 Å². The number of carbonyl (C=O) groups is 1. The summed E-state index contributed by atoms with van der Waals surface area (Å²) in [6.45, 7) is 7.41. The molecule has 0 aliphatic carbocycles. The van der Waals surface area contributed by atoms with Gasteiger partial charge in [-0.1, -0.05) is 0 Å². The lowest BCUT2D eigenvalue weighted by molar-refractivity contribution is 0.152. The van der Waals surface area contributed by atoms with Crippen LogP contribution in [-0.4, -0.2) is 46.0 Å². The fraction of sp³-hybridized carbons (Fsp3) is 0.421. The zero-order chi connectivity index (χ0) is 19.6. The average molecular weight is 388 g/mol. The van der Waals surface area contributed by atoms with Crippen LogP contribution < -0.4 is 5.32 Å². The molecule has 1 N–H and O–H groups in total. The van der Waals surface area contributed by atoms with Gasteiger partial charge in [0.1, 0.15) is 0 Å². The molecule has 0 unspecified atom stereocenters. The van der Waals surface area contributed by atoms with E-state index in [4.69, 9.17) is 4.74 Å². The predicted molar refractivity (Wildman–Crippen MR) is 108 cm³/mol. The number of thiazole rings is 1. The molecule has 0 saturated heterocycles. The molecule has 7 nitrogen and oxygen atoms in total. The maximum absolute atomic E-state index is 12.9. The molecule has 0 fully saturated rings. The van der Waals surface area contributed by atoms with Gasteiger partial charge >= 0.3 is 6.03 Å². The number of aryl methyl sites for hydroxylation is 3. The number of urea groups is 1. The number of hydrogen-bond donors (Lipinski definition) is 1. The molecule has 2 amide bonds. The van der Waals surface area contributed by atoms with E-state index in [9.17, 15) is 4.79 Å². The third-order valence-corrected chi connectivity index (χ3v) is 5.56. The Hall–Kier alpha value is -2.45. The Kier molecular flexibility index (Phi) is 5.76. The van der Waals surface area contributed by atoms with Crippen LogP contribution in [0.4, 0.5) is 10.5 Å². The van der Waals surface area contributed by atoms with Crippen molar-refractivity contribution in [3.63, 3.8) is 0 Å². The molecule has 2 heterocycles. The Morgan fingerprint density at radius 3 is 2.78 bits per heavy atom. The van der Waals surface area contributed by atoms with Gasteiger partial charge in [-0.05, 0) is 39.0 Å². The summed E-state index contributed by atoms with van der Waals surface area (Å²) in [5.74, 6) is 0. The number of nitrogens with one attached hydrogen (secondary N) is 1. The van der Waals surface area contributed by atoms with Crippen LogP contribution in [0.2, 0.25) is 0 Å². The fourth-order valence-electron chi connectivity index (χ4n) is 3.01. The van der Waals surface area contributed by atoms with Crippen LogP contribution in [0.3, 0.4) is 0 Å². The normalized spacial score (nSPS) is 11.1. The number of benzene rings is 1. The van der Waals surface area contributed by atoms with Gasteiger partial charge in [-0.2, -0.15) is 5.10 Å². The lowest BCUT2D eigenvalue weighted by Gasteiger charge is -2.23. The Balaban J connectivity index is 1.79. The third-order valence-electron chi connectivity index (χ3n) is 4.61. The largest absolute Gasteiger partial charge is 0.383 e. The summed E-state index contributed by atoms with van der Waals surface area (Å²) in [5, 5.41) is 8.44. The number of fused-ring (bicyclic) bond motifs is 1. The lowest BCUT2D eigenvalue weighted by Crippen LogP contribution is -2.37. The first-order valence-corrected chi connectivity index (χ1v) is 9.62. The molecule has 0 aliphatic heterocycles. The molecule has 144 valence electrons. The average Bonchev–Trinajstić information content (AvgIpc) is 3.10. The monoisotopic (exact) mass is 387 g/mol. The Labute approximate surface area is 163 Å². The van der Waals surface area contributed by atoms with E-state index < -0.39 is 0 Å².